The van der Waals surface area contributed by atoms with Crippen molar-refractivity contribution < 1.29 is 17.7 Å². The lowest BCUT2D eigenvalue weighted by atomic mass is 10.1. The molecule has 3 aromatic rings. The van der Waals surface area contributed by atoms with Gasteiger partial charge in [0.1, 0.15) is 6.61 Å². The molecule has 0 amide bonds. The van der Waals surface area contributed by atoms with E-state index in [0.717, 1.165) is 23.4 Å². The molecule has 8 heteroatoms. The maximum Gasteiger partial charge on any atom is 0.261 e. The predicted molar refractivity (Wildman–Crippen MR) is 115 cm³/mol. The summed E-state index contributed by atoms with van der Waals surface area (Å²) in [5.41, 5.74) is 3.13. The van der Waals surface area contributed by atoms with E-state index in [0.29, 0.717) is 24.8 Å². The molecule has 0 unspecified atom stereocenters. The van der Waals surface area contributed by atoms with E-state index in [4.69, 9.17) is 9.29 Å². The molecule has 0 aliphatic rings. The van der Waals surface area contributed by atoms with Crippen LogP contribution < -0.4 is 10.1 Å². The summed E-state index contributed by atoms with van der Waals surface area (Å²) in [7, 11) is -3.67. The minimum atomic E-state index is -3.67. The highest BCUT2D eigenvalue weighted by Gasteiger charge is 2.13. The van der Waals surface area contributed by atoms with Crippen LogP contribution in [0.25, 0.3) is 16.8 Å². The van der Waals surface area contributed by atoms with Gasteiger partial charge in [-0.25, -0.2) is 4.68 Å². The van der Waals surface area contributed by atoms with E-state index < -0.39 is 10.1 Å². The maximum atomic E-state index is 9.19. The molecule has 7 nitrogen and oxygen atoms in total. The zero-order valence-electron chi connectivity index (χ0n) is 16.8. The van der Waals surface area contributed by atoms with Gasteiger partial charge in [-0.1, -0.05) is 62.4 Å². The lowest BCUT2D eigenvalue weighted by molar-refractivity contribution is 0.297. The summed E-state index contributed by atoms with van der Waals surface area (Å²) in [6.07, 6.45) is 2.74. The van der Waals surface area contributed by atoms with E-state index >= 15 is 0 Å². The topological polar surface area (TPSA) is 93.5 Å². The second kappa shape index (κ2) is 10.8. The first-order valence-corrected chi connectivity index (χ1v) is 11.1. The van der Waals surface area contributed by atoms with Gasteiger partial charge in [0, 0.05) is 18.8 Å². The molecule has 2 N–H and O–H groups in total. The van der Waals surface area contributed by atoms with E-state index in [1.807, 2.05) is 59.4 Å². The molecule has 0 saturated carbocycles. The van der Waals surface area contributed by atoms with Crippen molar-refractivity contribution in [2.45, 2.75) is 19.9 Å². The standard InChI is InChI=1S/C20H23N3O.CH4O3S/c1-16(2)21-13-14-24-20-19(17-9-5-3-6-10-17)15-23(22-20)18-11-7-4-8-12-18;1-5(2,3)4/h3-12,15-16,21H,13-14H2,1-2H3;1H3,(H,2,3,4). The van der Waals surface area contributed by atoms with E-state index in [1.165, 1.54) is 0 Å². The van der Waals surface area contributed by atoms with Gasteiger partial charge in [0.05, 0.1) is 17.5 Å². The summed E-state index contributed by atoms with van der Waals surface area (Å²) in [5.74, 6) is 0.663. The average molecular weight is 418 g/mol. The molecule has 1 aromatic heterocycles. The van der Waals surface area contributed by atoms with E-state index in [-0.39, 0.29) is 0 Å². The van der Waals surface area contributed by atoms with Crippen LogP contribution in [0.5, 0.6) is 5.88 Å². The fourth-order valence-electron chi connectivity index (χ4n) is 2.49. The number of nitrogens with one attached hydrogen (secondary N) is 1. The van der Waals surface area contributed by atoms with Gasteiger partial charge < -0.3 is 10.1 Å². The smallest absolute Gasteiger partial charge is 0.261 e. The zero-order chi connectivity index (χ0) is 21.3. The van der Waals surface area contributed by atoms with Crippen molar-refractivity contribution in [3.8, 4) is 22.7 Å². The Morgan fingerprint density at radius 1 is 1.07 bits per heavy atom. The molecule has 156 valence electrons. The average Bonchev–Trinajstić information content (AvgIpc) is 3.09. The van der Waals surface area contributed by atoms with Gasteiger partial charge in [0.2, 0.25) is 5.88 Å². The van der Waals surface area contributed by atoms with Crippen LogP contribution >= 0.6 is 0 Å². The number of hydrogen-bond donors (Lipinski definition) is 2. The summed E-state index contributed by atoms with van der Waals surface area (Å²) < 4.78 is 33.7. The third-order valence-corrected chi connectivity index (χ3v) is 3.68. The Labute approximate surface area is 172 Å². The lowest BCUT2D eigenvalue weighted by Gasteiger charge is -2.09. The largest absolute Gasteiger partial charge is 0.475 e. The van der Waals surface area contributed by atoms with Crippen molar-refractivity contribution in [1.29, 1.82) is 0 Å². The molecule has 0 aliphatic carbocycles. The van der Waals surface area contributed by atoms with Crippen molar-refractivity contribution in [2.75, 3.05) is 19.4 Å². The number of rotatable bonds is 7. The molecule has 0 spiro atoms. The van der Waals surface area contributed by atoms with Crippen molar-refractivity contribution >= 4 is 10.1 Å². The first-order valence-electron chi connectivity index (χ1n) is 9.23. The lowest BCUT2D eigenvalue weighted by Crippen LogP contribution is -2.27. The SMILES string of the molecule is CC(C)NCCOc1nn(-c2ccccc2)cc1-c1ccccc1.CS(=O)(=O)O. The second-order valence-corrected chi connectivity index (χ2v) is 8.15. The van der Waals surface area contributed by atoms with Crippen LogP contribution in [0.1, 0.15) is 13.8 Å². The zero-order valence-corrected chi connectivity index (χ0v) is 17.6. The second-order valence-electron chi connectivity index (χ2n) is 6.68. The quantitative estimate of drug-likeness (QED) is 0.452. The summed E-state index contributed by atoms with van der Waals surface area (Å²) in [6.45, 7) is 5.63. The van der Waals surface area contributed by atoms with Crippen LogP contribution in [0.4, 0.5) is 0 Å². The van der Waals surface area contributed by atoms with Crippen LogP contribution in [-0.2, 0) is 10.1 Å². The first-order chi connectivity index (χ1) is 13.7. The fourth-order valence-corrected chi connectivity index (χ4v) is 2.49. The normalized spacial score (nSPS) is 11.1. The van der Waals surface area contributed by atoms with Crippen LogP contribution in [0.3, 0.4) is 0 Å². The predicted octanol–water partition coefficient (Wildman–Crippen LogP) is 3.42. The molecule has 3 rings (SSSR count). The number of para-hydroxylation sites is 1. The molecule has 0 aliphatic heterocycles. The van der Waals surface area contributed by atoms with Gasteiger partial charge in [0.15, 0.2) is 0 Å². The van der Waals surface area contributed by atoms with E-state index in [9.17, 15) is 8.42 Å². The summed E-state index contributed by atoms with van der Waals surface area (Å²) in [5, 5.41) is 7.99. The number of aromatic nitrogens is 2. The van der Waals surface area contributed by atoms with Gasteiger partial charge in [0.25, 0.3) is 10.1 Å². The molecule has 1 heterocycles. The van der Waals surface area contributed by atoms with Gasteiger partial charge in [-0.2, -0.15) is 8.42 Å². The Bertz CT molecular complexity index is 964. The third kappa shape index (κ3) is 8.47. The summed E-state index contributed by atoms with van der Waals surface area (Å²) in [4.78, 5) is 0. The summed E-state index contributed by atoms with van der Waals surface area (Å²) >= 11 is 0. The first kappa shape index (κ1) is 22.6. The molecular formula is C21H27N3O4S. The van der Waals surface area contributed by atoms with Crippen LogP contribution in [0, 0.1) is 0 Å². The Hall–Kier alpha value is -2.68. The van der Waals surface area contributed by atoms with Crippen LogP contribution in [-0.4, -0.2) is 48.2 Å². The van der Waals surface area contributed by atoms with Crippen molar-refractivity contribution in [3.05, 3.63) is 66.9 Å². The van der Waals surface area contributed by atoms with Gasteiger partial charge in [-0.3, -0.25) is 4.55 Å². The highest BCUT2D eigenvalue weighted by atomic mass is 32.2. The van der Waals surface area contributed by atoms with Crippen molar-refractivity contribution in [2.24, 2.45) is 0 Å². The molecule has 0 radical (unpaired) electrons. The van der Waals surface area contributed by atoms with Crippen LogP contribution in [0.2, 0.25) is 0 Å². The molecule has 0 fully saturated rings. The van der Waals surface area contributed by atoms with Gasteiger partial charge in [-0.05, 0) is 17.7 Å². The van der Waals surface area contributed by atoms with Gasteiger partial charge >= 0.3 is 0 Å². The molecule has 0 bridgehead atoms. The van der Waals surface area contributed by atoms with Gasteiger partial charge in [-0.15, -0.1) is 5.10 Å². The molecule has 0 atom stereocenters. The highest BCUT2D eigenvalue weighted by molar-refractivity contribution is 7.85. The molecular weight excluding hydrogens is 390 g/mol. The monoisotopic (exact) mass is 417 g/mol. The Morgan fingerprint density at radius 3 is 2.17 bits per heavy atom. The number of ether oxygens (including phenoxy) is 1. The Morgan fingerprint density at radius 2 is 1.62 bits per heavy atom. The Balaban J connectivity index is 0.000000537. The van der Waals surface area contributed by atoms with E-state index in [1.54, 1.807) is 0 Å². The third-order valence-electron chi connectivity index (χ3n) is 3.68. The molecule has 2 aromatic carbocycles. The highest BCUT2D eigenvalue weighted by Crippen LogP contribution is 2.29. The van der Waals surface area contributed by atoms with Crippen molar-refractivity contribution in [1.82, 2.24) is 15.1 Å². The van der Waals surface area contributed by atoms with Crippen LogP contribution in [0.15, 0.2) is 66.9 Å². The number of hydrogen-bond acceptors (Lipinski definition) is 5. The number of nitrogens with zero attached hydrogens (tertiary/aromatic N) is 2. The Kier molecular flexibility index (Phi) is 8.38. The minimum Gasteiger partial charge on any atom is -0.475 e. The molecule has 0 saturated heterocycles. The fraction of sp³-hybridized carbons (Fsp3) is 0.286. The van der Waals surface area contributed by atoms with Crippen molar-refractivity contribution in [3.63, 3.8) is 0 Å². The minimum absolute atomic E-state index is 0.448. The number of benzene rings is 2. The van der Waals surface area contributed by atoms with E-state index in [2.05, 4.69) is 36.4 Å². The maximum absolute atomic E-state index is 9.19. The molecule has 29 heavy (non-hydrogen) atoms. The summed E-state index contributed by atoms with van der Waals surface area (Å²) in [6, 6.07) is 20.7.